The number of fused-ring (bicyclic) bond motifs is 1. The zero-order valence-electron chi connectivity index (χ0n) is 19.4. The zero-order valence-corrected chi connectivity index (χ0v) is 19.4. The van der Waals surface area contributed by atoms with E-state index in [2.05, 4.69) is 41.4 Å². The lowest BCUT2D eigenvalue weighted by molar-refractivity contribution is -0.126. The van der Waals surface area contributed by atoms with E-state index in [0.29, 0.717) is 32.5 Å². The fourth-order valence-corrected chi connectivity index (χ4v) is 4.66. The van der Waals surface area contributed by atoms with E-state index in [4.69, 9.17) is 0 Å². The van der Waals surface area contributed by atoms with Gasteiger partial charge in [-0.1, -0.05) is 54.6 Å². The van der Waals surface area contributed by atoms with Crippen molar-refractivity contribution in [2.45, 2.75) is 26.2 Å². The Morgan fingerprint density at radius 3 is 2.39 bits per heavy atom. The largest absolute Gasteiger partial charge is 0.372 e. The molecule has 1 aliphatic heterocycles. The van der Waals surface area contributed by atoms with Gasteiger partial charge in [0.2, 0.25) is 5.91 Å². The first-order valence-corrected chi connectivity index (χ1v) is 12.0. The number of anilines is 1. The van der Waals surface area contributed by atoms with Crippen LogP contribution in [0.3, 0.4) is 0 Å². The number of carbonyl (C=O) groups excluding carboxylic acids is 2. The average Bonchev–Trinajstić information content (AvgIpc) is 2.88. The molecule has 1 heterocycles. The van der Waals surface area contributed by atoms with Crippen molar-refractivity contribution in [3.05, 3.63) is 78.4 Å². The first-order valence-electron chi connectivity index (χ1n) is 12.0. The molecule has 0 spiro atoms. The average molecular weight is 444 g/mol. The van der Waals surface area contributed by atoms with E-state index in [1.807, 2.05) is 53.4 Å². The van der Waals surface area contributed by atoms with E-state index in [0.717, 1.165) is 35.8 Å². The number of piperidine rings is 1. The topological polar surface area (TPSA) is 52.7 Å². The fourth-order valence-electron chi connectivity index (χ4n) is 4.66. The molecule has 0 radical (unpaired) electrons. The minimum atomic E-state index is -0.0158. The van der Waals surface area contributed by atoms with Crippen LogP contribution in [0.1, 0.15) is 36.5 Å². The molecule has 1 N–H and O–H groups in total. The highest BCUT2D eigenvalue weighted by atomic mass is 16.2. The quantitative estimate of drug-likeness (QED) is 0.513. The second-order valence-corrected chi connectivity index (χ2v) is 8.65. The maximum atomic E-state index is 13.1. The minimum absolute atomic E-state index is 0.0158. The van der Waals surface area contributed by atoms with Crippen molar-refractivity contribution in [1.82, 2.24) is 10.2 Å². The number of hydrogen-bond donors (Lipinski definition) is 1. The van der Waals surface area contributed by atoms with Gasteiger partial charge in [-0.2, -0.15) is 0 Å². The summed E-state index contributed by atoms with van der Waals surface area (Å²) in [6, 6.07) is 24.2. The predicted molar refractivity (Wildman–Crippen MR) is 135 cm³/mol. The number of hydrogen-bond acceptors (Lipinski definition) is 3. The Morgan fingerprint density at radius 1 is 0.939 bits per heavy atom. The molecule has 0 aromatic heterocycles. The highest BCUT2D eigenvalue weighted by Gasteiger charge is 2.28. The molecule has 4 rings (SSSR count). The number of rotatable bonds is 8. The summed E-state index contributed by atoms with van der Waals surface area (Å²) in [4.78, 5) is 30.0. The molecular formula is C28H33N3O2. The van der Waals surface area contributed by atoms with Gasteiger partial charge in [0, 0.05) is 49.9 Å². The highest BCUT2D eigenvalue weighted by Crippen LogP contribution is 2.23. The molecule has 1 aliphatic rings. The summed E-state index contributed by atoms with van der Waals surface area (Å²) in [6.07, 6.45) is 2.34. The Hall–Kier alpha value is -3.34. The van der Waals surface area contributed by atoms with Crippen molar-refractivity contribution < 1.29 is 9.59 Å². The molecule has 172 valence electrons. The van der Waals surface area contributed by atoms with E-state index in [-0.39, 0.29) is 17.7 Å². The molecule has 0 unspecified atom stereocenters. The first-order chi connectivity index (χ1) is 16.2. The van der Waals surface area contributed by atoms with E-state index in [1.165, 1.54) is 5.69 Å². The monoisotopic (exact) mass is 443 g/mol. The van der Waals surface area contributed by atoms with Crippen LogP contribution in [-0.4, -0.2) is 49.4 Å². The summed E-state index contributed by atoms with van der Waals surface area (Å²) >= 11 is 0. The van der Waals surface area contributed by atoms with Gasteiger partial charge in [0.1, 0.15) is 0 Å². The zero-order chi connectivity index (χ0) is 23.0. The Kier molecular flexibility index (Phi) is 7.61. The van der Waals surface area contributed by atoms with Crippen molar-refractivity contribution in [2.24, 2.45) is 5.92 Å². The molecule has 3 aromatic carbocycles. The number of nitrogens with one attached hydrogen (secondary N) is 1. The first kappa shape index (κ1) is 22.8. The summed E-state index contributed by atoms with van der Waals surface area (Å²) in [5.74, 6) is 0.166. The molecule has 33 heavy (non-hydrogen) atoms. The van der Waals surface area contributed by atoms with Crippen LogP contribution in [-0.2, 0) is 4.79 Å². The van der Waals surface area contributed by atoms with Gasteiger partial charge in [0.05, 0.1) is 0 Å². The van der Waals surface area contributed by atoms with Gasteiger partial charge in [0.15, 0.2) is 0 Å². The number of benzene rings is 3. The van der Waals surface area contributed by atoms with Crippen molar-refractivity contribution in [3.63, 3.8) is 0 Å². The normalized spacial score (nSPS) is 14.3. The fraction of sp³-hybridized carbons (Fsp3) is 0.357. The molecule has 0 bridgehead atoms. The highest BCUT2D eigenvalue weighted by molar-refractivity contribution is 6.07. The van der Waals surface area contributed by atoms with Gasteiger partial charge in [-0.3, -0.25) is 9.59 Å². The molecule has 0 saturated carbocycles. The van der Waals surface area contributed by atoms with Crippen LogP contribution in [0.15, 0.2) is 72.8 Å². The van der Waals surface area contributed by atoms with Crippen LogP contribution >= 0.6 is 0 Å². The van der Waals surface area contributed by atoms with E-state index < -0.39 is 0 Å². The number of likely N-dealkylation sites (tertiary alicyclic amines) is 1. The Bertz CT molecular complexity index is 1070. The summed E-state index contributed by atoms with van der Waals surface area (Å²) in [7, 11) is 0. The van der Waals surface area contributed by atoms with Gasteiger partial charge in [-0.25, -0.2) is 0 Å². The van der Waals surface area contributed by atoms with Crippen molar-refractivity contribution in [3.8, 4) is 0 Å². The summed E-state index contributed by atoms with van der Waals surface area (Å²) in [6.45, 7) is 5.94. The molecule has 1 fully saturated rings. The van der Waals surface area contributed by atoms with Crippen LogP contribution in [0.5, 0.6) is 0 Å². The maximum Gasteiger partial charge on any atom is 0.254 e. The lowest BCUT2D eigenvalue weighted by Gasteiger charge is -2.31. The summed E-state index contributed by atoms with van der Waals surface area (Å²) in [5.41, 5.74) is 1.96. The molecule has 2 amide bonds. The molecule has 5 heteroatoms. The van der Waals surface area contributed by atoms with E-state index in [1.54, 1.807) is 0 Å². The summed E-state index contributed by atoms with van der Waals surface area (Å²) < 4.78 is 0. The van der Waals surface area contributed by atoms with Gasteiger partial charge < -0.3 is 15.1 Å². The predicted octanol–water partition coefficient (Wildman–Crippen LogP) is 4.72. The number of carbonyl (C=O) groups is 2. The Labute approximate surface area is 196 Å². The third kappa shape index (κ3) is 5.54. The van der Waals surface area contributed by atoms with Crippen LogP contribution in [0.25, 0.3) is 10.8 Å². The van der Waals surface area contributed by atoms with Crippen LogP contribution < -0.4 is 10.2 Å². The van der Waals surface area contributed by atoms with Gasteiger partial charge in [0.25, 0.3) is 5.91 Å². The molecule has 1 saturated heterocycles. The maximum absolute atomic E-state index is 13.1. The minimum Gasteiger partial charge on any atom is -0.372 e. The number of para-hydroxylation sites is 1. The molecular weight excluding hydrogens is 410 g/mol. The van der Waals surface area contributed by atoms with Crippen LogP contribution in [0.4, 0.5) is 5.69 Å². The lowest BCUT2D eigenvalue weighted by Crippen LogP contribution is -2.43. The second kappa shape index (κ2) is 11.0. The van der Waals surface area contributed by atoms with Crippen molar-refractivity contribution >= 4 is 28.3 Å². The number of nitrogens with zero attached hydrogens (tertiary/aromatic N) is 2. The standard InChI is InChI=1S/C28H33N3O2/c1-2-30(24-12-4-3-5-13-24)19-9-18-29-27(32)23-16-20-31(21-17-23)28(33)26-15-8-11-22-10-6-7-14-25(22)26/h3-8,10-15,23H,2,9,16-21H2,1H3,(H,29,32). The van der Waals surface area contributed by atoms with E-state index in [9.17, 15) is 9.59 Å². The van der Waals surface area contributed by atoms with Crippen molar-refractivity contribution in [2.75, 3.05) is 37.6 Å². The third-order valence-electron chi connectivity index (χ3n) is 6.58. The third-order valence-corrected chi connectivity index (χ3v) is 6.58. The lowest BCUT2D eigenvalue weighted by atomic mass is 9.94. The Morgan fingerprint density at radius 2 is 1.64 bits per heavy atom. The molecule has 3 aromatic rings. The smallest absolute Gasteiger partial charge is 0.254 e. The van der Waals surface area contributed by atoms with Gasteiger partial charge in [-0.05, 0) is 55.2 Å². The molecule has 0 aliphatic carbocycles. The molecule has 5 nitrogen and oxygen atoms in total. The Balaban J connectivity index is 1.23. The molecule has 0 atom stereocenters. The van der Waals surface area contributed by atoms with E-state index >= 15 is 0 Å². The van der Waals surface area contributed by atoms with Crippen LogP contribution in [0.2, 0.25) is 0 Å². The second-order valence-electron chi connectivity index (χ2n) is 8.65. The van der Waals surface area contributed by atoms with Gasteiger partial charge in [-0.15, -0.1) is 0 Å². The SMILES string of the molecule is CCN(CCCNC(=O)C1CCN(C(=O)c2cccc3ccccc23)CC1)c1ccccc1. The van der Waals surface area contributed by atoms with Gasteiger partial charge >= 0.3 is 0 Å². The number of amides is 2. The summed E-state index contributed by atoms with van der Waals surface area (Å²) in [5, 5.41) is 5.18. The van der Waals surface area contributed by atoms with Crippen LogP contribution in [0, 0.1) is 5.92 Å². The van der Waals surface area contributed by atoms with Crippen molar-refractivity contribution in [1.29, 1.82) is 0 Å².